The smallest absolute Gasteiger partial charge is 0.303 e. The zero-order valence-electron chi connectivity index (χ0n) is 23.4. The van der Waals surface area contributed by atoms with E-state index in [4.69, 9.17) is 23.7 Å². The highest BCUT2D eigenvalue weighted by Crippen LogP contribution is 2.34. The molecule has 0 radical (unpaired) electrons. The first-order valence-electron chi connectivity index (χ1n) is 12.9. The molecular formula is C27H27BrN4O11. The molecule has 16 heteroatoms. The minimum Gasteiger partial charge on any atom is -0.463 e. The number of fused-ring (bicyclic) bond motifs is 1. The lowest BCUT2D eigenvalue weighted by atomic mass is 9.92. The largest absolute Gasteiger partial charge is 0.463 e. The van der Waals surface area contributed by atoms with Gasteiger partial charge < -0.3 is 29.0 Å². The Balaban J connectivity index is 1.62. The zero-order chi connectivity index (χ0) is 31.4. The van der Waals surface area contributed by atoms with Crippen LogP contribution in [-0.2, 0) is 49.4 Å². The zero-order valence-corrected chi connectivity index (χ0v) is 25.0. The molecule has 1 aromatic carbocycles. The molecule has 1 aromatic heterocycles. The van der Waals surface area contributed by atoms with Crippen LogP contribution < -0.4 is 5.32 Å². The van der Waals surface area contributed by atoms with E-state index in [0.717, 1.165) is 20.8 Å². The topological polar surface area (TPSA) is 191 Å². The molecule has 0 saturated carbocycles. The van der Waals surface area contributed by atoms with Crippen molar-refractivity contribution in [1.29, 1.82) is 0 Å². The summed E-state index contributed by atoms with van der Waals surface area (Å²) >= 11 is 3.21. The molecule has 1 aliphatic carbocycles. The van der Waals surface area contributed by atoms with Crippen molar-refractivity contribution < 1.29 is 52.5 Å². The summed E-state index contributed by atoms with van der Waals surface area (Å²) in [6.45, 7) is 4.06. The first-order chi connectivity index (χ1) is 20.4. The van der Waals surface area contributed by atoms with Crippen LogP contribution in [0.15, 0.2) is 40.6 Å². The summed E-state index contributed by atoms with van der Waals surface area (Å²) in [5, 5.41) is 11.0. The molecule has 0 amide bonds. The highest BCUT2D eigenvalue weighted by molar-refractivity contribution is 9.12. The van der Waals surface area contributed by atoms with Gasteiger partial charge in [0.2, 0.25) is 11.6 Å². The summed E-state index contributed by atoms with van der Waals surface area (Å²) in [4.78, 5) is 73.4. The number of Topliss-reactive ketones (excluding diaryl/α,β-unsaturated/α-hetero) is 2. The number of carbonyl (C=O) groups is 6. The van der Waals surface area contributed by atoms with Gasteiger partial charge in [0.15, 0.2) is 24.5 Å². The van der Waals surface area contributed by atoms with Crippen LogP contribution in [0.4, 0.5) is 0 Å². The molecule has 1 unspecified atom stereocenters. The Morgan fingerprint density at radius 3 is 2.07 bits per heavy atom. The Labute approximate surface area is 252 Å². The van der Waals surface area contributed by atoms with Crippen molar-refractivity contribution in [2.24, 2.45) is 0 Å². The maximum atomic E-state index is 13.0. The third-order valence-corrected chi connectivity index (χ3v) is 7.05. The van der Waals surface area contributed by atoms with Crippen LogP contribution in [0.1, 0.15) is 60.3 Å². The monoisotopic (exact) mass is 662 g/mol. The van der Waals surface area contributed by atoms with E-state index in [1.54, 1.807) is 24.3 Å². The Morgan fingerprint density at radius 2 is 1.47 bits per heavy atom. The summed E-state index contributed by atoms with van der Waals surface area (Å²) in [5.74, 6) is -3.71. The van der Waals surface area contributed by atoms with Gasteiger partial charge in [-0.25, -0.2) is 4.68 Å². The second-order valence-corrected chi connectivity index (χ2v) is 10.3. The second-order valence-electron chi connectivity index (χ2n) is 9.53. The molecular weight excluding hydrogens is 636 g/mol. The fourth-order valence-electron chi connectivity index (χ4n) is 4.62. The molecule has 5 atom stereocenters. The van der Waals surface area contributed by atoms with Crippen LogP contribution in [0.2, 0.25) is 0 Å². The minimum absolute atomic E-state index is 0.0329. The maximum Gasteiger partial charge on any atom is 0.303 e. The third kappa shape index (κ3) is 7.14. The number of ether oxygens (including phenoxy) is 5. The van der Waals surface area contributed by atoms with Gasteiger partial charge in [0.1, 0.15) is 24.1 Å². The first kappa shape index (κ1) is 31.5. The highest BCUT2D eigenvalue weighted by atomic mass is 79.9. The van der Waals surface area contributed by atoms with Gasteiger partial charge in [-0.1, -0.05) is 29.5 Å². The van der Waals surface area contributed by atoms with E-state index >= 15 is 0 Å². The van der Waals surface area contributed by atoms with Gasteiger partial charge in [-0.15, -0.1) is 5.10 Å². The number of hydrogen-bond donors (Lipinski definition) is 1. The van der Waals surface area contributed by atoms with Crippen molar-refractivity contribution in [3.8, 4) is 0 Å². The van der Waals surface area contributed by atoms with E-state index < -0.39 is 66.9 Å². The van der Waals surface area contributed by atoms with Gasteiger partial charge in [0.25, 0.3) is 0 Å². The van der Waals surface area contributed by atoms with Gasteiger partial charge in [0.05, 0.1) is 17.2 Å². The molecule has 0 spiro atoms. The minimum atomic E-state index is -1.39. The molecule has 4 rings (SSSR count). The van der Waals surface area contributed by atoms with Crippen LogP contribution in [0.25, 0.3) is 0 Å². The Hall–Kier alpha value is -4.44. The fraction of sp³-hybridized carbons (Fsp3) is 0.407. The van der Waals surface area contributed by atoms with Gasteiger partial charge in [-0.2, -0.15) is 0 Å². The molecule has 1 N–H and O–H groups in total. The van der Waals surface area contributed by atoms with Crippen molar-refractivity contribution in [2.45, 2.75) is 64.9 Å². The average molecular weight is 663 g/mol. The standard InChI is InChI=1S/C27H27BrN4O11/c1-12(33)39-11-19-24(40-13(2)34)25(41-14(3)35)26(42-15(4)36)27(43-19)32-10-16(30-31-32)9-29-21-20(28)22(37)17-7-5-6-8-18(17)23(21)38/h5-8,10,19,24-27,29H,9,11H2,1-4H3/t19-,24-,25+,26-,27?/m1/s1. The predicted molar refractivity (Wildman–Crippen MR) is 145 cm³/mol. The van der Waals surface area contributed by atoms with E-state index in [2.05, 4.69) is 31.6 Å². The molecule has 2 heterocycles. The molecule has 0 bridgehead atoms. The summed E-state index contributed by atoms with van der Waals surface area (Å²) in [5.41, 5.74) is 0.837. The Kier molecular flexibility index (Phi) is 9.70. The number of hydrogen-bond acceptors (Lipinski definition) is 14. The van der Waals surface area contributed by atoms with Gasteiger partial charge in [-0.05, 0) is 15.9 Å². The lowest BCUT2D eigenvalue weighted by Crippen LogP contribution is -2.60. The van der Waals surface area contributed by atoms with E-state index in [-0.39, 0.29) is 39.3 Å². The van der Waals surface area contributed by atoms with Crippen molar-refractivity contribution in [3.63, 3.8) is 0 Å². The van der Waals surface area contributed by atoms with Gasteiger partial charge in [0, 0.05) is 38.8 Å². The number of carbonyl (C=O) groups excluding carboxylic acids is 6. The number of nitrogens with one attached hydrogen (secondary N) is 1. The van der Waals surface area contributed by atoms with Crippen LogP contribution in [-0.4, -0.2) is 81.5 Å². The van der Waals surface area contributed by atoms with Crippen LogP contribution in [0, 0.1) is 0 Å². The lowest BCUT2D eigenvalue weighted by Gasteiger charge is -2.44. The molecule has 228 valence electrons. The quantitative estimate of drug-likeness (QED) is 0.298. The van der Waals surface area contributed by atoms with Crippen molar-refractivity contribution in [1.82, 2.24) is 20.3 Å². The number of rotatable bonds is 9. The van der Waals surface area contributed by atoms with E-state index in [0.29, 0.717) is 0 Å². The van der Waals surface area contributed by atoms with Gasteiger partial charge in [-0.3, -0.25) is 28.8 Å². The number of ketones is 2. The fourth-order valence-corrected chi connectivity index (χ4v) is 5.15. The van der Waals surface area contributed by atoms with Crippen molar-refractivity contribution in [3.05, 3.63) is 57.5 Å². The summed E-state index contributed by atoms with van der Waals surface area (Å²) in [6, 6.07) is 6.43. The number of aromatic nitrogens is 3. The van der Waals surface area contributed by atoms with Crippen LogP contribution in [0.5, 0.6) is 0 Å². The number of allylic oxidation sites excluding steroid dienone is 2. The number of nitrogens with zero attached hydrogens (tertiary/aromatic N) is 3. The summed E-state index contributed by atoms with van der Waals surface area (Å²) < 4.78 is 28.6. The van der Waals surface area contributed by atoms with E-state index in [9.17, 15) is 28.8 Å². The van der Waals surface area contributed by atoms with Crippen molar-refractivity contribution >= 4 is 51.4 Å². The normalized spacial score (nSPS) is 23.2. The predicted octanol–water partition coefficient (Wildman–Crippen LogP) is 1.31. The third-order valence-electron chi connectivity index (χ3n) is 6.29. The molecule has 15 nitrogen and oxygen atoms in total. The highest BCUT2D eigenvalue weighted by Gasteiger charge is 2.53. The summed E-state index contributed by atoms with van der Waals surface area (Å²) in [6.07, 6.45) is -5.15. The summed E-state index contributed by atoms with van der Waals surface area (Å²) in [7, 11) is 0. The maximum absolute atomic E-state index is 13.0. The molecule has 2 aliphatic rings. The van der Waals surface area contributed by atoms with E-state index in [1.165, 1.54) is 17.8 Å². The molecule has 1 aliphatic heterocycles. The molecule has 1 saturated heterocycles. The van der Waals surface area contributed by atoms with Crippen molar-refractivity contribution in [2.75, 3.05) is 6.61 Å². The van der Waals surface area contributed by atoms with E-state index in [1.807, 2.05) is 0 Å². The number of halogens is 1. The molecule has 43 heavy (non-hydrogen) atoms. The SMILES string of the molecule is CC(=O)OC[C@H]1OC(n2cc(CNC3=C(Br)C(=O)c4ccccc4C3=O)nn2)[C@H](OC(C)=O)[C@@H](OC(C)=O)[C@@H]1OC(C)=O. The Morgan fingerprint density at radius 1 is 0.884 bits per heavy atom. The molecule has 2 aromatic rings. The lowest BCUT2D eigenvalue weighted by molar-refractivity contribution is -0.270. The number of benzene rings is 1. The second kappa shape index (κ2) is 13.2. The Bertz CT molecular complexity index is 1500. The average Bonchev–Trinajstić information content (AvgIpc) is 3.41. The molecule has 1 fully saturated rings. The van der Waals surface area contributed by atoms with Gasteiger partial charge >= 0.3 is 23.9 Å². The number of esters is 4. The first-order valence-corrected chi connectivity index (χ1v) is 13.7. The van der Waals surface area contributed by atoms with Crippen LogP contribution >= 0.6 is 15.9 Å². The van der Waals surface area contributed by atoms with Crippen LogP contribution in [0.3, 0.4) is 0 Å².